The van der Waals surface area contributed by atoms with E-state index in [0.29, 0.717) is 37.0 Å². The average Bonchev–Trinajstić information content (AvgIpc) is 2.70. The molecule has 0 saturated carbocycles. The SMILES string of the molecule is CCCOc1ccc(NC(=O)c2ccc(=O)n(CCOC)n2)cc1OCCC. The molecule has 28 heavy (non-hydrogen) atoms. The summed E-state index contributed by atoms with van der Waals surface area (Å²) in [5, 5.41) is 6.87. The van der Waals surface area contributed by atoms with Gasteiger partial charge in [0.2, 0.25) is 0 Å². The number of hydrogen-bond donors (Lipinski definition) is 1. The van der Waals surface area contributed by atoms with E-state index in [1.54, 1.807) is 18.2 Å². The molecule has 0 unspecified atom stereocenters. The molecule has 0 fully saturated rings. The number of methoxy groups -OCH3 is 1. The first-order chi connectivity index (χ1) is 13.6. The summed E-state index contributed by atoms with van der Waals surface area (Å²) in [7, 11) is 1.54. The average molecular weight is 389 g/mol. The summed E-state index contributed by atoms with van der Waals surface area (Å²) in [5.41, 5.74) is 0.399. The summed E-state index contributed by atoms with van der Waals surface area (Å²) >= 11 is 0. The molecule has 0 saturated heterocycles. The molecule has 1 aromatic heterocycles. The van der Waals surface area contributed by atoms with E-state index in [2.05, 4.69) is 10.4 Å². The Balaban J connectivity index is 2.17. The van der Waals surface area contributed by atoms with E-state index < -0.39 is 5.91 Å². The van der Waals surface area contributed by atoms with Gasteiger partial charge in [-0.1, -0.05) is 13.8 Å². The molecule has 2 rings (SSSR count). The van der Waals surface area contributed by atoms with Gasteiger partial charge in [-0.2, -0.15) is 5.10 Å². The van der Waals surface area contributed by atoms with Crippen LogP contribution < -0.4 is 20.3 Å². The third-order valence-electron chi connectivity index (χ3n) is 3.73. The molecule has 1 N–H and O–H groups in total. The quantitative estimate of drug-likeness (QED) is 0.635. The Hall–Kier alpha value is -2.87. The molecule has 1 aromatic carbocycles. The number of carbonyl (C=O) groups is 1. The van der Waals surface area contributed by atoms with Gasteiger partial charge in [0.15, 0.2) is 11.5 Å². The lowest BCUT2D eigenvalue weighted by atomic mass is 10.2. The highest BCUT2D eigenvalue weighted by molar-refractivity contribution is 6.02. The molecule has 8 nitrogen and oxygen atoms in total. The van der Waals surface area contributed by atoms with Crippen LogP contribution in [-0.4, -0.2) is 42.6 Å². The summed E-state index contributed by atoms with van der Waals surface area (Å²) < 4.78 is 17.6. The molecule has 0 radical (unpaired) electrons. The molecule has 0 spiro atoms. The molecule has 0 atom stereocenters. The molecule has 152 valence electrons. The van der Waals surface area contributed by atoms with Gasteiger partial charge in [-0.05, 0) is 31.0 Å². The maximum atomic E-state index is 12.5. The second-order valence-corrected chi connectivity index (χ2v) is 6.09. The van der Waals surface area contributed by atoms with Gasteiger partial charge in [0.25, 0.3) is 11.5 Å². The van der Waals surface area contributed by atoms with E-state index in [1.807, 2.05) is 13.8 Å². The van der Waals surface area contributed by atoms with Crippen molar-refractivity contribution in [1.82, 2.24) is 9.78 Å². The van der Waals surface area contributed by atoms with E-state index in [9.17, 15) is 9.59 Å². The highest BCUT2D eigenvalue weighted by Gasteiger charge is 2.13. The van der Waals surface area contributed by atoms with Gasteiger partial charge in [0.05, 0.1) is 26.4 Å². The molecule has 1 amide bonds. The molecule has 0 aliphatic heterocycles. The van der Waals surface area contributed by atoms with Crippen LogP contribution in [0.1, 0.15) is 37.2 Å². The van der Waals surface area contributed by atoms with Crippen LogP contribution in [0.3, 0.4) is 0 Å². The lowest BCUT2D eigenvalue weighted by molar-refractivity contribution is 0.101. The number of nitrogens with one attached hydrogen (secondary N) is 1. The van der Waals surface area contributed by atoms with Crippen LogP contribution in [0.2, 0.25) is 0 Å². The summed E-state index contributed by atoms with van der Waals surface area (Å²) in [6, 6.07) is 7.94. The number of carbonyl (C=O) groups excluding carboxylic acids is 1. The van der Waals surface area contributed by atoms with Crippen molar-refractivity contribution < 1.29 is 19.0 Å². The van der Waals surface area contributed by atoms with Crippen LogP contribution in [0.5, 0.6) is 11.5 Å². The number of amides is 1. The normalized spacial score (nSPS) is 10.5. The van der Waals surface area contributed by atoms with Gasteiger partial charge < -0.3 is 19.5 Å². The zero-order chi connectivity index (χ0) is 20.4. The van der Waals surface area contributed by atoms with Crippen molar-refractivity contribution >= 4 is 11.6 Å². The fourth-order valence-electron chi connectivity index (χ4n) is 2.35. The predicted octanol–water partition coefficient (Wildman–Crippen LogP) is 2.72. The lowest BCUT2D eigenvalue weighted by Crippen LogP contribution is -2.27. The molecule has 2 aromatic rings. The minimum absolute atomic E-state index is 0.137. The van der Waals surface area contributed by atoms with Gasteiger partial charge in [0, 0.05) is 24.9 Å². The van der Waals surface area contributed by atoms with Crippen LogP contribution >= 0.6 is 0 Å². The fraction of sp³-hybridized carbons (Fsp3) is 0.450. The van der Waals surface area contributed by atoms with Crippen LogP contribution in [0.25, 0.3) is 0 Å². The Labute approximate surface area is 164 Å². The predicted molar refractivity (Wildman–Crippen MR) is 106 cm³/mol. The number of benzene rings is 1. The van der Waals surface area contributed by atoms with Gasteiger partial charge >= 0.3 is 0 Å². The first-order valence-corrected chi connectivity index (χ1v) is 9.37. The molecule has 1 heterocycles. The Morgan fingerprint density at radius 1 is 1.04 bits per heavy atom. The van der Waals surface area contributed by atoms with E-state index in [-0.39, 0.29) is 17.8 Å². The van der Waals surface area contributed by atoms with Crippen molar-refractivity contribution in [1.29, 1.82) is 0 Å². The van der Waals surface area contributed by atoms with Gasteiger partial charge in [0.1, 0.15) is 5.69 Å². The number of nitrogens with zero attached hydrogens (tertiary/aromatic N) is 2. The maximum Gasteiger partial charge on any atom is 0.276 e. The number of ether oxygens (including phenoxy) is 3. The number of anilines is 1. The zero-order valence-electron chi connectivity index (χ0n) is 16.6. The topological polar surface area (TPSA) is 91.7 Å². The van der Waals surface area contributed by atoms with Crippen molar-refractivity contribution in [2.75, 3.05) is 32.2 Å². The number of rotatable bonds is 11. The number of hydrogen-bond acceptors (Lipinski definition) is 6. The summed E-state index contributed by atoms with van der Waals surface area (Å²) in [6.45, 7) is 5.78. The minimum atomic E-state index is -0.421. The Morgan fingerprint density at radius 3 is 2.43 bits per heavy atom. The van der Waals surface area contributed by atoms with Crippen LogP contribution in [0.15, 0.2) is 35.1 Å². The molecular weight excluding hydrogens is 362 g/mol. The Bertz CT molecular complexity index is 835. The minimum Gasteiger partial charge on any atom is -0.490 e. The van der Waals surface area contributed by atoms with Crippen molar-refractivity contribution in [3.63, 3.8) is 0 Å². The molecular formula is C20H27N3O5. The molecule has 0 aliphatic carbocycles. The van der Waals surface area contributed by atoms with E-state index in [1.165, 1.54) is 23.9 Å². The largest absolute Gasteiger partial charge is 0.490 e. The Morgan fingerprint density at radius 2 is 1.75 bits per heavy atom. The molecule has 0 bridgehead atoms. The van der Waals surface area contributed by atoms with Crippen molar-refractivity contribution in [2.45, 2.75) is 33.2 Å². The second kappa shape index (κ2) is 11.1. The second-order valence-electron chi connectivity index (χ2n) is 6.09. The highest BCUT2D eigenvalue weighted by Crippen LogP contribution is 2.31. The van der Waals surface area contributed by atoms with Gasteiger partial charge in [-0.25, -0.2) is 4.68 Å². The van der Waals surface area contributed by atoms with Gasteiger partial charge in [-0.15, -0.1) is 0 Å². The van der Waals surface area contributed by atoms with Crippen molar-refractivity contribution in [3.8, 4) is 11.5 Å². The monoisotopic (exact) mass is 389 g/mol. The fourth-order valence-corrected chi connectivity index (χ4v) is 2.35. The summed E-state index contributed by atoms with van der Waals surface area (Å²) in [6.07, 6.45) is 1.74. The lowest BCUT2D eigenvalue weighted by Gasteiger charge is -2.14. The third-order valence-corrected chi connectivity index (χ3v) is 3.73. The van der Waals surface area contributed by atoms with Crippen molar-refractivity contribution in [2.24, 2.45) is 0 Å². The van der Waals surface area contributed by atoms with Crippen LogP contribution in [0, 0.1) is 0 Å². The molecule has 8 heteroatoms. The number of aromatic nitrogens is 2. The first-order valence-electron chi connectivity index (χ1n) is 9.37. The Kier molecular flexibility index (Phi) is 8.48. The zero-order valence-corrected chi connectivity index (χ0v) is 16.6. The van der Waals surface area contributed by atoms with Crippen LogP contribution in [-0.2, 0) is 11.3 Å². The third kappa shape index (κ3) is 6.09. The van der Waals surface area contributed by atoms with Crippen LogP contribution in [0.4, 0.5) is 5.69 Å². The van der Waals surface area contributed by atoms with Crippen molar-refractivity contribution in [3.05, 3.63) is 46.4 Å². The maximum absolute atomic E-state index is 12.5. The first kappa shape index (κ1) is 21.4. The highest BCUT2D eigenvalue weighted by atomic mass is 16.5. The summed E-state index contributed by atoms with van der Waals surface area (Å²) in [5.74, 6) is 0.792. The van der Waals surface area contributed by atoms with E-state index >= 15 is 0 Å². The smallest absolute Gasteiger partial charge is 0.276 e. The summed E-state index contributed by atoms with van der Waals surface area (Å²) in [4.78, 5) is 24.4. The standard InChI is InChI=1S/C20H27N3O5/c1-4-11-27-17-8-6-15(14-18(17)28-12-5-2)21-20(25)16-7-9-19(24)23(22-16)10-13-26-3/h6-9,14H,4-5,10-13H2,1-3H3,(H,21,25). The van der Waals surface area contributed by atoms with E-state index in [4.69, 9.17) is 14.2 Å². The molecule has 0 aliphatic rings. The van der Waals surface area contributed by atoms with Gasteiger partial charge in [-0.3, -0.25) is 9.59 Å². The van der Waals surface area contributed by atoms with E-state index in [0.717, 1.165) is 12.8 Å².